The van der Waals surface area contributed by atoms with Crippen LogP contribution in [0, 0.1) is 18.8 Å². The van der Waals surface area contributed by atoms with E-state index in [1.54, 1.807) is 6.07 Å². The van der Waals surface area contributed by atoms with Crippen molar-refractivity contribution in [2.45, 2.75) is 82.5 Å². The quantitative estimate of drug-likeness (QED) is 0.682. The molecule has 2 fully saturated rings. The third-order valence-corrected chi connectivity index (χ3v) is 9.35. The Balaban J connectivity index is 1.46. The van der Waals surface area contributed by atoms with Gasteiger partial charge in [0, 0.05) is 30.3 Å². The van der Waals surface area contributed by atoms with Crippen LogP contribution in [-0.2, 0) is 24.7 Å². The van der Waals surface area contributed by atoms with Gasteiger partial charge in [-0.25, -0.2) is 0 Å². The van der Waals surface area contributed by atoms with Crippen molar-refractivity contribution < 1.29 is 14.9 Å². The van der Waals surface area contributed by atoms with Crippen LogP contribution in [0.3, 0.4) is 0 Å². The molecule has 7 rings (SSSR count). The maximum atomic E-state index is 12.8. The largest absolute Gasteiger partial charge is 0.504 e. The first-order valence-electron chi connectivity index (χ1n) is 12.5. The van der Waals surface area contributed by atoms with E-state index in [2.05, 4.69) is 36.7 Å². The lowest BCUT2D eigenvalue weighted by Gasteiger charge is -2.62. The molecule has 1 aromatic heterocycles. The first-order chi connectivity index (χ1) is 15.3. The number of aromatic hydroxyl groups is 1. The molecule has 5 nitrogen and oxygen atoms in total. The fourth-order valence-corrected chi connectivity index (χ4v) is 7.72. The van der Waals surface area contributed by atoms with E-state index < -0.39 is 11.0 Å². The van der Waals surface area contributed by atoms with Crippen LogP contribution >= 0.6 is 0 Å². The molecule has 3 aliphatic carbocycles. The van der Waals surface area contributed by atoms with Crippen molar-refractivity contribution in [3.8, 4) is 11.5 Å². The molecule has 3 heterocycles. The first-order valence-corrected chi connectivity index (χ1v) is 12.5. The van der Waals surface area contributed by atoms with E-state index in [0.29, 0.717) is 18.1 Å². The summed E-state index contributed by atoms with van der Waals surface area (Å²) in [6.07, 6.45) is 5.77. The maximum absolute atomic E-state index is 12.8. The summed E-state index contributed by atoms with van der Waals surface area (Å²) in [6, 6.07) is 3.97. The number of rotatable bonds is 4. The Hall–Kier alpha value is -1.98. The van der Waals surface area contributed by atoms with Crippen molar-refractivity contribution in [3.05, 3.63) is 45.8 Å². The minimum absolute atomic E-state index is 0.0990. The zero-order valence-corrected chi connectivity index (χ0v) is 19.4. The summed E-state index contributed by atoms with van der Waals surface area (Å²) in [4.78, 5) is 6.35. The zero-order valence-electron chi connectivity index (χ0n) is 19.4. The van der Waals surface area contributed by atoms with Crippen LogP contribution in [0.5, 0.6) is 11.5 Å². The van der Waals surface area contributed by atoms with Crippen LogP contribution in [0.25, 0.3) is 0 Å². The Bertz CT molecular complexity index is 1130. The molecular weight excluding hydrogens is 400 g/mol. The highest BCUT2D eigenvalue weighted by molar-refractivity contribution is 5.65. The fraction of sp³-hybridized carbons (Fsp3) is 0.630. The van der Waals surface area contributed by atoms with Crippen LogP contribution < -0.4 is 4.74 Å². The molecule has 2 aromatic rings. The zero-order chi connectivity index (χ0) is 22.0. The van der Waals surface area contributed by atoms with E-state index in [1.807, 2.05) is 0 Å². The van der Waals surface area contributed by atoms with E-state index in [4.69, 9.17) is 4.74 Å². The summed E-state index contributed by atoms with van der Waals surface area (Å²) in [5.74, 6) is 2.18. The molecule has 32 heavy (non-hydrogen) atoms. The van der Waals surface area contributed by atoms with E-state index in [0.717, 1.165) is 49.5 Å². The Morgan fingerprint density at radius 2 is 2.09 bits per heavy atom. The van der Waals surface area contributed by atoms with Gasteiger partial charge in [0.15, 0.2) is 17.6 Å². The second kappa shape index (κ2) is 6.12. The third kappa shape index (κ3) is 2.22. The molecule has 1 unspecified atom stereocenters. The SMILES string of the molecule is Cc1c(CC(C)C)[nH]c2c1C[C@@]1(O)C3Cc4ccc(O)c5c4[C@@]1(CCN3CC1CC1)[C@H]2O5. The standard InChI is InChI=1S/C27H34N2O3/c1-14(2)10-19-15(3)18-12-27(31)21-11-17-6-7-20(30)24-22(17)26(27,25(32-24)23(18)28-19)8-9-29(21)13-16-4-5-16/h6-7,14,16,21,25,28,30-31H,4-5,8-13H2,1-3H3/t21?,25-,26-,27+/m0/s1. The molecule has 0 amide bonds. The van der Waals surface area contributed by atoms with Gasteiger partial charge in [0.2, 0.25) is 0 Å². The number of hydrogen-bond donors (Lipinski definition) is 3. The molecule has 3 N–H and O–H groups in total. The number of likely N-dealkylation sites (tertiary alicyclic amines) is 1. The van der Waals surface area contributed by atoms with Gasteiger partial charge in [-0.15, -0.1) is 0 Å². The van der Waals surface area contributed by atoms with Gasteiger partial charge in [0.1, 0.15) is 0 Å². The molecular formula is C27H34N2O3. The lowest BCUT2D eigenvalue weighted by atomic mass is 9.49. The predicted octanol–water partition coefficient (Wildman–Crippen LogP) is 3.93. The summed E-state index contributed by atoms with van der Waals surface area (Å²) in [7, 11) is 0. The van der Waals surface area contributed by atoms with Gasteiger partial charge in [-0.1, -0.05) is 19.9 Å². The van der Waals surface area contributed by atoms with Gasteiger partial charge in [0.25, 0.3) is 0 Å². The van der Waals surface area contributed by atoms with Crippen LogP contribution in [0.4, 0.5) is 0 Å². The Kier molecular flexibility index (Phi) is 3.73. The molecule has 4 atom stereocenters. The highest BCUT2D eigenvalue weighted by Gasteiger charge is 2.72. The average molecular weight is 435 g/mol. The molecule has 2 bridgehead atoms. The second-order valence-electron chi connectivity index (χ2n) is 11.6. The maximum Gasteiger partial charge on any atom is 0.166 e. The number of phenols is 1. The minimum atomic E-state index is -0.883. The van der Waals surface area contributed by atoms with Crippen molar-refractivity contribution in [2.24, 2.45) is 11.8 Å². The number of piperidine rings is 1. The molecule has 1 saturated heterocycles. The highest BCUT2D eigenvalue weighted by atomic mass is 16.5. The van der Waals surface area contributed by atoms with E-state index in [9.17, 15) is 10.2 Å². The predicted molar refractivity (Wildman–Crippen MR) is 122 cm³/mol. The molecule has 0 radical (unpaired) electrons. The molecule has 5 heteroatoms. The molecule has 5 aliphatic rings. The smallest absolute Gasteiger partial charge is 0.166 e. The lowest BCUT2D eigenvalue weighted by molar-refractivity contribution is -0.173. The Morgan fingerprint density at radius 3 is 2.84 bits per heavy atom. The fourth-order valence-electron chi connectivity index (χ4n) is 7.72. The summed E-state index contributed by atoms with van der Waals surface area (Å²) in [5, 5.41) is 23.5. The van der Waals surface area contributed by atoms with Crippen molar-refractivity contribution in [3.63, 3.8) is 0 Å². The summed E-state index contributed by atoms with van der Waals surface area (Å²) in [6.45, 7) is 8.80. The Labute approximate surface area is 189 Å². The van der Waals surface area contributed by atoms with Gasteiger partial charge in [-0.05, 0) is 80.2 Å². The van der Waals surface area contributed by atoms with Crippen molar-refractivity contribution in [1.29, 1.82) is 0 Å². The monoisotopic (exact) mass is 434 g/mol. The van der Waals surface area contributed by atoms with E-state index in [1.165, 1.54) is 35.2 Å². The molecule has 1 saturated carbocycles. The van der Waals surface area contributed by atoms with Gasteiger partial charge >= 0.3 is 0 Å². The number of nitrogens with zero attached hydrogens (tertiary/aromatic N) is 1. The second-order valence-corrected chi connectivity index (χ2v) is 11.6. The average Bonchev–Trinajstić information content (AvgIpc) is 3.41. The minimum Gasteiger partial charge on any atom is -0.504 e. The lowest BCUT2D eigenvalue weighted by Crippen LogP contribution is -2.74. The summed E-state index contributed by atoms with van der Waals surface area (Å²) >= 11 is 0. The van der Waals surface area contributed by atoms with Gasteiger partial charge in [-0.2, -0.15) is 0 Å². The van der Waals surface area contributed by atoms with E-state index >= 15 is 0 Å². The normalized spacial score (nSPS) is 34.4. The number of H-pyrrole nitrogens is 1. The number of phenolic OH excluding ortho intramolecular Hbond substituents is 1. The van der Waals surface area contributed by atoms with Crippen molar-refractivity contribution >= 4 is 0 Å². The molecule has 2 aliphatic heterocycles. The molecule has 1 spiro atoms. The van der Waals surface area contributed by atoms with Gasteiger partial charge in [-0.3, -0.25) is 4.90 Å². The van der Waals surface area contributed by atoms with Crippen molar-refractivity contribution in [2.75, 3.05) is 13.1 Å². The Morgan fingerprint density at radius 1 is 1.28 bits per heavy atom. The number of hydrogen-bond acceptors (Lipinski definition) is 4. The van der Waals surface area contributed by atoms with Crippen LogP contribution in [0.2, 0.25) is 0 Å². The number of ether oxygens (including phenoxy) is 1. The van der Waals surface area contributed by atoms with Crippen LogP contribution in [0.1, 0.15) is 72.9 Å². The third-order valence-electron chi connectivity index (χ3n) is 9.35. The summed E-state index contributed by atoms with van der Waals surface area (Å²) in [5.41, 5.74) is 5.93. The number of nitrogens with one attached hydrogen (secondary N) is 1. The topological polar surface area (TPSA) is 68.7 Å². The number of aromatic amines is 1. The highest BCUT2D eigenvalue weighted by Crippen LogP contribution is 2.68. The van der Waals surface area contributed by atoms with Crippen molar-refractivity contribution in [1.82, 2.24) is 9.88 Å². The molecule has 1 aromatic carbocycles. The van der Waals surface area contributed by atoms with E-state index in [-0.39, 0.29) is 17.9 Å². The molecule has 170 valence electrons. The van der Waals surface area contributed by atoms with Crippen LogP contribution in [0.15, 0.2) is 12.1 Å². The van der Waals surface area contributed by atoms with Gasteiger partial charge < -0.3 is 19.9 Å². The first kappa shape index (κ1) is 19.5. The van der Waals surface area contributed by atoms with Crippen LogP contribution in [-0.4, -0.2) is 44.8 Å². The number of aromatic nitrogens is 1. The van der Waals surface area contributed by atoms with Gasteiger partial charge in [0.05, 0.1) is 16.7 Å². The number of benzene rings is 1. The number of fused-ring (bicyclic) bond motifs is 2. The summed E-state index contributed by atoms with van der Waals surface area (Å²) < 4.78 is 6.64. The number of aliphatic hydroxyl groups is 1.